The van der Waals surface area contributed by atoms with Crippen molar-refractivity contribution in [2.45, 2.75) is 97.2 Å². The third kappa shape index (κ3) is 4.93. The van der Waals surface area contributed by atoms with Crippen LogP contribution in [-0.2, 0) is 9.53 Å². The molecule has 47 heavy (non-hydrogen) atoms. The molecular weight excluding hydrogens is 584 g/mol. The number of hydrogen-bond acceptors (Lipinski definition) is 5. The van der Waals surface area contributed by atoms with Gasteiger partial charge < -0.3 is 14.9 Å². The maximum atomic E-state index is 13.4. The molecule has 0 heterocycles. The first-order valence-electron chi connectivity index (χ1n) is 18.3. The van der Waals surface area contributed by atoms with E-state index >= 15 is 0 Å². The second-order valence-electron chi connectivity index (χ2n) is 16.5. The van der Waals surface area contributed by atoms with Gasteiger partial charge in [-0.05, 0) is 136 Å². The zero-order valence-corrected chi connectivity index (χ0v) is 28.2. The maximum absolute atomic E-state index is 13.4. The Labute approximate surface area is 278 Å². The highest BCUT2D eigenvalue weighted by Crippen LogP contribution is 2.68. The minimum Gasteiger partial charge on any atom is -0.457 e. The summed E-state index contributed by atoms with van der Waals surface area (Å²) in [6.45, 7) is 7.00. The number of fused-ring (bicyclic) bond motifs is 5. The smallest absolute Gasteiger partial charge is 0.306 e. The van der Waals surface area contributed by atoms with Crippen molar-refractivity contribution in [2.24, 2.45) is 46.3 Å². The number of esters is 1. The van der Waals surface area contributed by atoms with Crippen LogP contribution in [0.5, 0.6) is 0 Å². The van der Waals surface area contributed by atoms with Gasteiger partial charge in [0.15, 0.2) is 6.61 Å². The molecule has 8 rings (SSSR count). The van der Waals surface area contributed by atoms with E-state index in [0.717, 1.165) is 78.3 Å². The van der Waals surface area contributed by atoms with Crippen molar-refractivity contribution >= 4 is 44.1 Å². The van der Waals surface area contributed by atoms with E-state index < -0.39 is 0 Å². The summed E-state index contributed by atoms with van der Waals surface area (Å²) in [6.07, 6.45) is 8.91. The Morgan fingerprint density at radius 3 is 2.30 bits per heavy atom. The normalized spacial score (nSPS) is 35.8. The summed E-state index contributed by atoms with van der Waals surface area (Å²) in [4.78, 5) is 26.4. The number of carbonyl (C=O) groups excluding carboxylic acids is 2. The molecule has 4 fully saturated rings. The zero-order chi connectivity index (χ0) is 32.7. The van der Waals surface area contributed by atoms with Gasteiger partial charge in [-0.15, -0.1) is 0 Å². The van der Waals surface area contributed by atoms with Crippen LogP contribution in [0.15, 0.2) is 54.6 Å². The van der Waals surface area contributed by atoms with E-state index in [-0.39, 0.29) is 41.4 Å². The van der Waals surface area contributed by atoms with Gasteiger partial charge in [0.25, 0.3) is 0 Å². The lowest BCUT2D eigenvalue weighted by molar-refractivity contribution is -0.174. The van der Waals surface area contributed by atoms with Crippen LogP contribution >= 0.6 is 0 Å². The van der Waals surface area contributed by atoms with Gasteiger partial charge in [0, 0.05) is 12.0 Å². The second kappa shape index (κ2) is 11.6. The molecule has 0 unspecified atom stereocenters. The van der Waals surface area contributed by atoms with Crippen molar-refractivity contribution in [1.82, 2.24) is 0 Å². The van der Waals surface area contributed by atoms with E-state index in [1.807, 2.05) is 18.2 Å². The number of hydrogen-bond donors (Lipinski definition) is 2. The topological polar surface area (TPSA) is 83.8 Å². The molecule has 0 amide bonds. The number of carbonyl (C=O) groups is 2. The fourth-order valence-corrected chi connectivity index (χ4v) is 12.0. The van der Waals surface area contributed by atoms with E-state index in [4.69, 9.17) is 4.74 Å². The van der Waals surface area contributed by atoms with Crippen LogP contribution in [0.3, 0.4) is 0 Å². The van der Waals surface area contributed by atoms with Crippen LogP contribution in [0.2, 0.25) is 0 Å². The number of benzene rings is 4. The molecule has 0 bridgehead atoms. The summed E-state index contributed by atoms with van der Waals surface area (Å²) in [5, 5.41) is 28.5. The number of Topliss-reactive ketones (excluding diaryl/α,β-unsaturated/α-hetero) is 1. The van der Waals surface area contributed by atoms with Crippen LogP contribution in [0.4, 0.5) is 0 Å². The first-order valence-corrected chi connectivity index (χ1v) is 18.3. The van der Waals surface area contributed by atoms with Crippen LogP contribution in [0.1, 0.15) is 95.3 Å². The third-order valence-corrected chi connectivity index (χ3v) is 14.4. The number of rotatable bonds is 7. The first kappa shape index (κ1) is 31.3. The lowest BCUT2D eigenvalue weighted by Gasteiger charge is -2.62. The summed E-state index contributed by atoms with van der Waals surface area (Å²) in [6, 6.07) is 18.5. The van der Waals surface area contributed by atoms with Gasteiger partial charge >= 0.3 is 5.97 Å². The number of ketones is 1. The Bertz CT molecular complexity index is 1810. The van der Waals surface area contributed by atoms with Gasteiger partial charge in [-0.1, -0.05) is 75.4 Å². The summed E-state index contributed by atoms with van der Waals surface area (Å²) in [5.41, 5.74) is 1.01. The van der Waals surface area contributed by atoms with Crippen molar-refractivity contribution in [1.29, 1.82) is 0 Å². The molecule has 4 aliphatic rings. The van der Waals surface area contributed by atoms with E-state index in [1.54, 1.807) is 0 Å². The Hall–Kier alpha value is -3.02. The highest BCUT2D eigenvalue weighted by Gasteiger charge is 2.62. The molecule has 4 aromatic carbocycles. The molecule has 248 valence electrons. The predicted octanol–water partition coefficient (Wildman–Crippen LogP) is 8.72. The SMILES string of the molecule is C[C@H](CCC(=O)OCC(=O)c1ccc2ccc3cccc4ccc1c2c34)[C@H]1CC[C@H]2[C@@H]3[C@@H](O)C[C@@H]4C[C@H](O)CC[C@]4(C)[C@H]3CC[C@]12C. The molecule has 4 aliphatic carbocycles. The third-order valence-electron chi connectivity index (χ3n) is 14.4. The van der Waals surface area contributed by atoms with Crippen molar-refractivity contribution in [3.63, 3.8) is 0 Å². The molecule has 5 heteroatoms. The standard InChI is InChI=1S/C42H50O5/c1-24(32-14-15-33-40-34(18-20-42(32,33)3)41(2)19-17-29(43)21-28(41)22-35(40)44)7-16-37(46)47-23-36(45)30-12-10-27-9-8-25-5-4-6-26-11-13-31(30)39(27)38(25)26/h4-6,8-13,24,28-29,32-35,40,43-44H,7,14-23H2,1-3H3/t24-,28+,29-,32-,33+,34+,35+,40+,41+,42-/m1/s1. The molecule has 2 N–H and O–H groups in total. The minimum atomic E-state index is -0.299. The fraction of sp³-hybridized carbons (Fsp3) is 0.571. The quantitative estimate of drug-likeness (QED) is 0.121. The number of aliphatic hydroxyl groups is 2. The molecule has 0 aromatic heterocycles. The Kier molecular flexibility index (Phi) is 7.68. The lowest BCUT2D eigenvalue weighted by atomic mass is 9.43. The maximum Gasteiger partial charge on any atom is 0.306 e. The van der Waals surface area contributed by atoms with Crippen LogP contribution < -0.4 is 0 Å². The van der Waals surface area contributed by atoms with Crippen LogP contribution in [0, 0.1) is 46.3 Å². The largest absolute Gasteiger partial charge is 0.457 e. The molecule has 4 aromatic rings. The van der Waals surface area contributed by atoms with Crippen LogP contribution in [0.25, 0.3) is 32.3 Å². The Morgan fingerprint density at radius 1 is 0.830 bits per heavy atom. The molecule has 0 spiro atoms. The Morgan fingerprint density at radius 2 is 1.51 bits per heavy atom. The zero-order valence-electron chi connectivity index (χ0n) is 28.2. The van der Waals surface area contributed by atoms with Gasteiger partial charge in [0.2, 0.25) is 5.78 Å². The highest BCUT2D eigenvalue weighted by atomic mass is 16.5. The highest BCUT2D eigenvalue weighted by molar-refractivity contribution is 6.26. The summed E-state index contributed by atoms with van der Waals surface area (Å²) in [7, 11) is 0. The van der Waals surface area contributed by atoms with E-state index in [2.05, 4.69) is 57.2 Å². The minimum absolute atomic E-state index is 0.165. The molecule has 10 atom stereocenters. The van der Waals surface area contributed by atoms with Gasteiger partial charge in [-0.2, -0.15) is 0 Å². The Balaban J connectivity index is 0.903. The van der Waals surface area contributed by atoms with Crippen molar-refractivity contribution in [3.8, 4) is 0 Å². The summed E-state index contributed by atoms with van der Waals surface area (Å²) < 4.78 is 5.61. The second-order valence-corrected chi connectivity index (χ2v) is 16.5. The van der Waals surface area contributed by atoms with Crippen molar-refractivity contribution in [2.75, 3.05) is 6.61 Å². The van der Waals surface area contributed by atoms with Crippen molar-refractivity contribution in [3.05, 3.63) is 60.2 Å². The van der Waals surface area contributed by atoms with Gasteiger partial charge in [-0.25, -0.2) is 0 Å². The van der Waals surface area contributed by atoms with Gasteiger partial charge in [-0.3, -0.25) is 9.59 Å². The summed E-state index contributed by atoms with van der Waals surface area (Å²) >= 11 is 0. The predicted molar refractivity (Wildman–Crippen MR) is 186 cm³/mol. The number of ether oxygens (including phenoxy) is 1. The average molecular weight is 635 g/mol. The molecule has 5 nitrogen and oxygen atoms in total. The fourth-order valence-electron chi connectivity index (χ4n) is 12.0. The van der Waals surface area contributed by atoms with Crippen LogP contribution in [-0.4, -0.2) is 40.8 Å². The van der Waals surface area contributed by atoms with E-state index in [9.17, 15) is 19.8 Å². The monoisotopic (exact) mass is 634 g/mol. The lowest BCUT2D eigenvalue weighted by Crippen LogP contribution is -2.58. The molecule has 0 aliphatic heterocycles. The first-order chi connectivity index (χ1) is 22.6. The van der Waals surface area contributed by atoms with Gasteiger partial charge in [0.1, 0.15) is 0 Å². The molecule has 0 radical (unpaired) electrons. The van der Waals surface area contributed by atoms with E-state index in [0.29, 0.717) is 47.5 Å². The molecular formula is C42H50O5. The molecule has 0 saturated heterocycles. The van der Waals surface area contributed by atoms with E-state index in [1.165, 1.54) is 11.8 Å². The number of aliphatic hydroxyl groups excluding tert-OH is 2. The summed E-state index contributed by atoms with van der Waals surface area (Å²) in [5.74, 6) is 2.25. The van der Waals surface area contributed by atoms with Gasteiger partial charge in [0.05, 0.1) is 12.2 Å². The van der Waals surface area contributed by atoms with Crippen molar-refractivity contribution < 1.29 is 24.5 Å². The molecule has 4 saturated carbocycles. The average Bonchev–Trinajstić information content (AvgIpc) is 3.43.